The van der Waals surface area contributed by atoms with Crippen LogP contribution >= 0.6 is 11.6 Å². The van der Waals surface area contributed by atoms with Crippen LogP contribution in [-0.4, -0.2) is 5.91 Å². The van der Waals surface area contributed by atoms with Crippen LogP contribution in [0.1, 0.15) is 23.1 Å². The number of benzene rings is 2. The highest BCUT2D eigenvalue weighted by Gasteiger charge is 2.11. The molecule has 2 aromatic carbocycles. The molecule has 3 rings (SSSR count). The van der Waals surface area contributed by atoms with Gasteiger partial charge >= 0.3 is 0 Å². The lowest BCUT2D eigenvalue weighted by atomic mass is 10.1. The molecule has 1 N–H and O–H groups in total. The number of aryl methyl sites for hydroxylation is 2. The maximum Gasteiger partial charge on any atom is 0.248 e. The van der Waals surface area contributed by atoms with Gasteiger partial charge in [0, 0.05) is 16.8 Å². The summed E-state index contributed by atoms with van der Waals surface area (Å²) < 4.78 is 0. The Labute approximate surface area is 129 Å². The molecule has 106 valence electrons. The highest BCUT2D eigenvalue weighted by atomic mass is 35.5. The van der Waals surface area contributed by atoms with Gasteiger partial charge in [0.25, 0.3) is 0 Å². The van der Waals surface area contributed by atoms with Crippen molar-refractivity contribution in [2.24, 2.45) is 0 Å². The van der Waals surface area contributed by atoms with Crippen LogP contribution in [0.2, 0.25) is 5.02 Å². The average Bonchev–Trinajstić information content (AvgIpc) is 2.93. The van der Waals surface area contributed by atoms with Crippen LogP contribution in [0.25, 0.3) is 6.08 Å². The standard InChI is InChI=1S/C18H16ClNO/c19-16-6-1-3-13(11-16)7-10-18(21)20-17-9-8-14-4-2-5-15(14)12-17/h1,3,6-12H,2,4-5H2,(H,20,21)/b10-7+. The van der Waals surface area contributed by atoms with Crippen molar-refractivity contribution in [1.29, 1.82) is 0 Å². The van der Waals surface area contributed by atoms with Gasteiger partial charge in [-0.25, -0.2) is 0 Å². The Balaban J connectivity index is 1.66. The van der Waals surface area contributed by atoms with Gasteiger partial charge in [-0.1, -0.05) is 29.8 Å². The smallest absolute Gasteiger partial charge is 0.248 e. The lowest BCUT2D eigenvalue weighted by molar-refractivity contribution is -0.111. The summed E-state index contributed by atoms with van der Waals surface area (Å²) in [5.41, 5.74) is 4.53. The van der Waals surface area contributed by atoms with Crippen LogP contribution in [0.4, 0.5) is 5.69 Å². The van der Waals surface area contributed by atoms with Gasteiger partial charge in [0.05, 0.1) is 0 Å². The third-order valence-corrected chi connectivity index (χ3v) is 3.88. The minimum absolute atomic E-state index is 0.132. The lowest BCUT2D eigenvalue weighted by Crippen LogP contribution is -2.08. The molecule has 2 nitrogen and oxygen atoms in total. The molecule has 1 aliphatic carbocycles. The summed E-state index contributed by atoms with van der Waals surface area (Å²) >= 11 is 5.91. The van der Waals surface area contributed by atoms with E-state index in [0.717, 1.165) is 24.1 Å². The van der Waals surface area contributed by atoms with E-state index in [0.29, 0.717) is 5.02 Å². The molecule has 0 saturated heterocycles. The Hall–Kier alpha value is -2.06. The van der Waals surface area contributed by atoms with Crippen molar-refractivity contribution in [3.8, 4) is 0 Å². The second kappa shape index (κ2) is 6.15. The summed E-state index contributed by atoms with van der Waals surface area (Å²) in [4.78, 5) is 11.9. The van der Waals surface area contributed by atoms with E-state index in [9.17, 15) is 4.79 Å². The third kappa shape index (κ3) is 3.53. The molecule has 2 aromatic rings. The Kier molecular flexibility index (Phi) is 4.07. The van der Waals surface area contributed by atoms with E-state index in [4.69, 9.17) is 11.6 Å². The second-order valence-electron chi connectivity index (χ2n) is 5.21. The van der Waals surface area contributed by atoms with Gasteiger partial charge in [0.15, 0.2) is 0 Å². The third-order valence-electron chi connectivity index (χ3n) is 3.64. The molecular formula is C18H16ClNO. The first-order valence-electron chi connectivity index (χ1n) is 7.07. The van der Waals surface area contributed by atoms with E-state index in [2.05, 4.69) is 17.4 Å². The summed E-state index contributed by atoms with van der Waals surface area (Å²) in [6.45, 7) is 0. The van der Waals surface area contributed by atoms with Gasteiger partial charge in [-0.05, 0) is 66.3 Å². The maximum atomic E-state index is 11.9. The zero-order valence-corrected chi connectivity index (χ0v) is 12.4. The summed E-state index contributed by atoms with van der Waals surface area (Å²) in [5.74, 6) is -0.132. The van der Waals surface area contributed by atoms with E-state index in [1.54, 1.807) is 6.08 Å². The van der Waals surface area contributed by atoms with Crippen molar-refractivity contribution in [3.63, 3.8) is 0 Å². The Morgan fingerprint density at radius 1 is 1.10 bits per heavy atom. The number of carbonyl (C=O) groups is 1. The largest absolute Gasteiger partial charge is 0.323 e. The molecule has 0 aromatic heterocycles. The Morgan fingerprint density at radius 2 is 1.95 bits per heavy atom. The topological polar surface area (TPSA) is 29.1 Å². The van der Waals surface area contributed by atoms with Gasteiger partial charge in [0.1, 0.15) is 0 Å². The fourth-order valence-electron chi connectivity index (χ4n) is 2.62. The molecule has 1 aliphatic rings. The first-order valence-corrected chi connectivity index (χ1v) is 7.45. The number of amides is 1. The van der Waals surface area contributed by atoms with Crippen molar-refractivity contribution in [1.82, 2.24) is 0 Å². The lowest BCUT2D eigenvalue weighted by Gasteiger charge is -2.05. The van der Waals surface area contributed by atoms with Crippen molar-refractivity contribution in [2.75, 3.05) is 5.32 Å². The van der Waals surface area contributed by atoms with Gasteiger partial charge in [-0.15, -0.1) is 0 Å². The zero-order valence-electron chi connectivity index (χ0n) is 11.6. The summed E-state index contributed by atoms with van der Waals surface area (Å²) in [7, 11) is 0. The first-order chi connectivity index (χ1) is 10.2. The average molecular weight is 298 g/mol. The number of halogens is 1. The predicted octanol–water partition coefficient (Wildman–Crippen LogP) is 4.48. The number of carbonyl (C=O) groups excluding carboxylic acids is 1. The van der Waals surface area contributed by atoms with Crippen LogP contribution in [0.15, 0.2) is 48.5 Å². The highest BCUT2D eigenvalue weighted by Crippen LogP contribution is 2.24. The second-order valence-corrected chi connectivity index (χ2v) is 5.65. The molecule has 0 bridgehead atoms. The van der Waals surface area contributed by atoms with E-state index in [1.165, 1.54) is 23.6 Å². The van der Waals surface area contributed by atoms with E-state index in [1.807, 2.05) is 30.3 Å². The molecule has 0 fully saturated rings. The van der Waals surface area contributed by atoms with Gasteiger partial charge < -0.3 is 5.32 Å². The summed E-state index contributed by atoms with van der Waals surface area (Å²) in [5, 5.41) is 3.56. The number of hydrogen-bond donors (Lipinski definition) is 1. The molecule has 0 radical (unpaired) electrons. The quantitative estimate of drug-likeness (QED) is 0.832. The molecule has 0 aliphatic heterocycles. The highest BCUT2D eigenvalue weighted by molar-refractivity contribution is 6.30. The van der Waals surface area contributed by atoms with Crippen molar-refractivity contribution in [2.45, 2.75) is 19.3 Å². The molecule has 1 amide bonds. The number of fused-ring (bicyclic) bond motifs is 1. The predicted molar refractivity (Wildman–Crippen MR) is 87.6 cm³/mol. The van der Waals surface area contributed by atoms with Crippen LogP contribution < -0.4 is 5.32 Å². The van der Waals surface area contributed by atoms with Gasteiger partial charge in [0.2, 0.25) is 5.91 Å². The fraction of sp³-hybridized carbons (Fsp3) is 0.167. The Morgan fingerprint density at radius 3 is 2.81 bits per heavy atom. The first kappa shape index (κ1) is 13.9. The van der Waals surface area contributed by atoms with E-state index in [-0.39, 0.29) is 5.91 Å². The molecule has 0 atom stereocenters. The number of rotatable bonds is 3. The number of hydrogen-bond acceptors (Lipinski definition) is 1. The van der Waals surface area contributed by atoms with E-state index >= 15 is 0 Å². The van der Waals surface area contributed by atoms with Crippen LogP contribution in [0.5, 0.6) is 0 Å². The SMILES string of the molecule is O=C(/C=C/c1cccc(Cl)c1)Nc1ccc2c(c1)CCC2. The molecule has 0 spiro atoms. The van der Waals surface area contributed by atoms with Gasteiger partial charge in [-0.2, -0.15) is 0 Å². The van der Waals surface area contributed by atoms with Crippen molar-refractivity contribution >= 4 is 29.3 Å². The van der Waals surface area contributed by atoms with Crippen LogP contribution in [-0.2, 0) is 17.6 Å². The molecule has 0 unspecified atom stereocenters. The number of anilines is 1. The van der Waals surface area contributed by atoms with Gasteiger partial charge in [-0.3, -0.25) is 4.79 Å². The summed E-state index contributed by atoms with van der Waals surface area (Å²) in [6, 6.07) is 13.6. The number of nitrogens with one attached hydrogen (secondary N) is 1. The molecular weight excluding hydrogens is 282 g/mol. The van der Waals surface area contributed by atoms with Crippen molar-refractivity contribution < 1.29 is 4.79 Å². The van der Waals surface area contributed by atoms with Crippen molar-refractivity contribution in [3.05, 3.63) is 70.3 Å². The monoisotopic (exact) mass is 297 g/mol. The Bertz CT molecular complexity index is 706. The molecule has 0 saturated carbocycles. The fourth-order valence-corrected chi connectivity index (χ4v) is 2.81. The summed E-state index contributed by atoms with van der Waals surface area (Å²) in [6.07, 6.45) is 6.75. The normalized spacial score (nSPS) is 13.4. The van der Waals surface area contributed by atoms with Crippen LogP contribution in [0.3, 0.4) is 0 Å². The zero-order chi connectivity index (χ0) is 14.7. The molecule has 0 heterocycles. The minimum Gasteiger partial charge on any atom is -0.323 e. The molecule has 21 heavy (non-hydrogen) atoms. The van der Waals surface area contributed by atoms with E-state index < -0.39 is 0 Å². The van der Waals surface area contributed by atoms with Crippen LogP contribution in [0, 0.1) is 0 Å². The minimum atomic E-state index is -0.132. The molecule has 3 heteroatoms. The maximum absolute atomic E-state index is 11.9.